The van der Waals surface area contributed by atoms with Crippen LogP contribution >= 0.6 is 0 Å². The van der Waals surface area contributed by atoms with Gasteiger partial charge in [0.2, 0.25) is 0 Å². The fraction of sp³-hybridized carbons (Fsp3) is 0.421. The van der Waals surface area contributed by atoms with Crippen LogP contribution in [0.2, 0.25) is 0 Å². The van der Waals surface area contributed by atoms with Gasteiger partial charge < -0.3 is 4.90 Å². The maximum absolute atomic E-state index is 4.60. The highest BCUT2D eigenvalue weighted by molar-refractivity contribution is 5.88. The molecule has 22 heavy (non-hydrogen) atoms. The van der Waals surface area contributed by atoms with Gasteiger partial charge in [-0.15, -0.1) is 0 Å². The zero-order valence-corrected chi connectivity index (χ0v) is 14.1. The van der Waals surface area contributed by atoms with Gasteiger partial charge in [-0.3, -0.25) is 5.32 Å². The summed E-state index contributed by atoms with van der Waals surface area (Å²) in [6.45, 7) is 9.05. The first kappa shape index (κ1) is 15.0. The van der Waals surface area contributed by atoms with E-state index in [1.54, 1.807) is 0 Å². The summed E-state index contributed by atoms with van der Waals surface area (Å²) in [7, 11) is 2.08. The summed E-state index contributed by atoms with van der Waals surface area (Å²) in [6.07, 6.45) is 2.08. The normalized spacial score (nSPS) is 19.3. The first-order valence-electron chi connectivity index (χ1n) is 7.91. The first-order valence-corrected chi connectivity index (χ1v) is 7.91. The molecule has 0 fully saturated rings. The van der Waals surface area contributed by atoms with Gasteiger partial charge >= 0.3 is 0 Å². The third-order valence-corrected chi connectivity index (χ3v) is 4.68. The molecule has 0 bridgehead atoms. The van der Waals surface area contributed by atoms with Gasteiger partial charge in [-0.1, -0.05) is 45.0 Å². The molecule has 0 amide bonds. The van der Waals surface area contributed by atoms with Crippen LogP contribution in [0.5, 0.6) is 0 Å². The number of benzene rings is 2. The minimum atomic E-state index is 0.159. The van der Waals surface area contributed by atoms with Crippen LogP contribution < -0.4 is 5.32 Å². The Labute approximate surface area is 133 Å². The van der Waals surface area contributed by atoms with Gasteiger partial charge in [-0.2, -0.15) is 0 Å². The van der Waals surface area contributed by atoms with Crippen LogP contribution in [0.4, 0.5) is 5.69 Å². The average molecular weight is 295 g/mol. The van der Waals surface area contributed by atoms with E-state index in [-0.39, 0.29) is 11.6 Å². The van der Waals surface area contributed by atoms with E-state index in [9.17, 15) is 0 Å². The first-order chi connectivity index (χ1) is 10.4. The molecule has 0 saturated carbocycles. The molecule has 0 spiro atoms. The van der Waals surface area contributed by atoms with Crippen molar-refractivity contribution in [1.29, 1.82) is 0 Å². The second kappa shape index (κ2) is 5.40. The highest BCUT2D eigenvalue weighted by Crippen LogP contribution is 2.35. The van der Waals surface area contributed by atoms with E-state index < -0.39 is 0 Å². The quantitative estimate of drug-likeness (QED) is 0.885. The van der Waals surface area contributed by atoms with E-state index in [2.05, 4.69) is 86.3 Å². The van der Waals surface area contributed by atoms with Gasteiger partial charge in [0, 0.05) is 18.7 Å². The maximum Gasteiger partial charge on any atom is 0.109 e. The SMILES string of the molecule is C[C@@H](NC1c2cc3ccccc3cc2N=CN1C)C(C)(C)C. The smallest absolute Gasteiger partial charge is 0.109 e. The van der Waals surface area contributed by atoms with E-state index in [4.69, 9.17) is 0 Å². The third-order valence-electron chi connectivity index (χ3n) is 4.68. The van der Waals surface area contributed by atoms with Crippen molar-refractivity contribution >= 4 is 22.8 Å². The van der Waals surface area contributed by atoms with E-state index in [0.29, 0.717) is 6.04 Å². The number of fused-ring (bicyclic) bond motifs is 2. The molecule has 116 valence electrons. The van der Waals surface area contributed by atoms with Crippen molar-refractivity contribution in [1.82, 2.24) is 10.2 Å². The Morgan fingerprint density at radius 3 is 2.41 bits per heavy atom. The lowest BCUT2D eigenvalue weighted by atomic mass is 9.87. The molecule has 1 unspecified atom stereocenters. The summed E-state index contributed by atoms with van der Waals surface area (Å²) >= 11 is 0. The molecule has 3 heteroatoms. The highest BCUT2D eigenvalue weighted by Gasteiger charge is 2.28. The number of aliphatic imine (C=N–C) groups is 1. The fourth-order valence-corrected chi connectivity index (χ4v) is 2.71. The van der Waals surface area contributed by atoms with Crippen molar-refractivity contribution in [3.05, 3.63) is 42.0 Å². The van der Waals surface area contributed by atoms with Gasteiger partial charge in [0.1, 0.15) is 6.17 Å². The molecule has 2 aromatic rings. The summed E-state index contributed by atoms with van der Waals surface area (Å²) in [5.74, 6) is 0. The maximum atomic E-state index is 4.60. The Morgan fingerprint density at radius 2 is 1.77 bits per heavy atom. The topological polar surface area (TPSA) is 27.6 Å². The van der Waals surface area contributed by atoms with E-state index in [1.165, 1.54) is 16.3 Å². The standard InChI is InChI=1S/C19H25N3/c1-13(19(2,3)4)21-18-16-10-14-8-6-7-9-15(14)11-17(16)20-12-22(18)5/h6-13,18,21H,1-5H3/t13-,18?/m1/s1. The summed E-state index contributed by atoms with van der Waals surface area (Å²) < 4.78 is 0. The molecule has 0 aliphatic carbocycles. The molecule has 1 N–H and O–H groups in total. The van der Waals surface area contributed by atoms with Crippen molar-refractivity contribution in [3.8, 4) is 0 Å². The summed E-state index contributed by atoms with van der Waals surface area (Å²) in [4.78, 5) is 6.76. The van der Waals surface area contributed by atoms with Crippen molar-refractivity contribution < 1.29 is 0 Å². The zero-order chi connectivity index (χ0) is 15.9. The van der Waals surface area contributed by atoms with Gasteiger partial charge in [0.25, 0.3) is 0 Å². The Bertz CT molecular complexity index is 712. The number of hydrogen-bond acceptors (Lipinski definition) is 3. The average Bonchev–Trinajstić information content (AvgIpc) is 2.47. The molecule has 1 aliphatic rings. The van der Waals surface area contributed by atoms with Crippen molar-refractivity contribution in [3.63, 3.8) is 0 Å². The van der Waals surface area contributed by atoms with E-state index in [1.807, 2.05) is 6.34 Å². The largest absolute Gasteiger partial charge is 0.346 e. The van der Waals surface area contributed by atoms with Crippen LogP contribution in [0.3, 0.4) is 0 Å². The van der Waals surface area contributed by atoms with Gasteiger partial charge in [0.05, 0.1) is 12.0 Å². The lowest BCUT2D eigenvalue weighted by Gasteiger charge is -2.38. The van der Waals surface area contributed by atoms with E-state index >= 15 is 0 Å². The van der Waals surface area contributed by atoms with Gasteiger partial charge in [-0.25, -0.2) is 4.99 Å². The predicted molar refractivity (Wildman–Crippen MR) is 94.7 cm³/mol. The molecule has 2 atom stereocenters. The molecule has 1 aliphatic heterocycles. The van der Waals surface area contributed by atoms with Crippen LogP contribution in [-0.2, 0) is 0 Å². The molecule has 0 aromatic heterocycles. The lowest BCUT2D eigenvalue weighted by molar-refractivity contribution is 0.208. The summed E-state index contributed by atoms with van der Waals surface area (Å²) in [5.41, 5.74) is 2.53. The molecule has 3 rings (SSSR count). The molecular formula is C19H25N3. The molecular weight excluding hydrogens is 270 g/mol. The number of hydrogen-bond donors (Lipinski definition) is 1. The minimum Gasteiger partial charge on any atom is -0.346 e. The second-order valence-electron chi connectivity index (χ2n) is 7.33. The van der Waals surface area contributed by atoms with Crippen molar-refractivity contribution in [2.24, 2.45) is 10.4 Å². The van der Waals surface area contributed by atoms with Gasteiger partial charge in [0.15, 0.2) is 0 Å². The number of nitrogens with one attached hydrogen (secondary N) is 1. The summed E-state index contributed by atoms with van der Waals surface area (Å²) in [5, 5.41) is 6.27. The molecule has 3 nitrogen and oxygen atoms in total. The Hall–Kier alpha value is -1.87. The second-order valence-corrected chi connectivity index (χ2v) is 7.33. The zero-order valence-electron chi connectivity index (χ0n) is 14.1. The highest BCUT2D eigenvalue weighted by atomic mass is 15.3. The fourth-order valence-electron chi connectivity index (χ4n) is 2.71. The predicted octanol–water partition coefficient (Wildman–Crippen LogP) is 4.47. The van der Waals surface area contributed by atoms with Crippen LogP contribution in [0.1, 0.15) is 39.4 Å². The van der Waals surface area contributed by atoms with Crippen molar-refractivity contribution in [2.75, 3.05) is 7.05 Å². The van der Waals surface area contributed by atoms with Crippen LogP contribution in [0.25, 0.3) is 10.8 Å². The Balaban J connectivity index is 2.03. The Morgan fingerprint density at radius 1 is 1.14 bits per heavy atom. The Kier molecular flexibility index (Phi) is 3.69. The van der Waals surface area contributed by atoms with Crippen LogP contribution in [0.15, 0.2) is 41.4 Å². The minimum absolute atomic E-state index is 0.159. The number of nitrogens with zero attached hydrogens (tertiary/aromatic N) is 2. The van der Waals surface area contributed by atoms with Crippen LogP contribution in [0, 0.1) is 5.41 Å². The van der Waals surface area contributed by atoms with Crippen molar-refractivity contribution in [2.45, 2.75) is 39.9 Å². The lowest BCUT2D eigenvalue weighted by Crippen LogP contribution is -2.46. The molecule has 2 aromatic carbocycles. The number of rotatable bonds is 2. The molecule has 1 heterocycles. The summed E-state index contributed by atoms with van der Waals surface area (Å²) in [6, 6.07) is 13.3. The molecule has 0 radical (unpaired) electrons. The van der Waals surface area contributed by atoms with Crippen LogP contribution in [-0.4, -0.2) is 24.3 Å². The van der Waals surface area contributed by atoms with E-state index in [0.717, 1.165) is 5.69 Å². The molecule has 0 saturated heterocycles. The monoisotopic (exact) mass is 295 g/mol. The van der Waals surface area contributed by atoms with Gasteiger partial charge in [-0.05, 0) is 35.2 Å². The third kappa shape index (κ3) is 2.73.